The molecule has 0 saturated heterocycles. The predicted octanol–water partition coefficient (Wildman–Crippen LogP) is 0.416. The standard InChI is InChI=1S/C17H15N5O/c1-3-20-15-10(1)14(17-21-6-7-22-17)16-11(2-8-23-16)13(15)12-9-18-4-5-19-12/h1-8,18-22H,9H2/b13-12-. The molecular formula is C17H15N5O. The summed E-state index contributed by atoms with van der Waals surface area (Å²) in [5.41, 5.74) is 3.08. The third-order valence-corrected chi connectivity index (χ3v) is 4.26. The van der Waals surface area contributed by atoms with Gasteiger partial charge >= 0.3 is 0 Å². The van der Waals surface area contributed by atoms with Crippen molar-refractivity contribution in [2.75, 3.05) is 6.54 Å². The van der Waals surface area contributed by atoms with E-state index in [1.165, 1.54) is 0 Å². The summed E-state index contributed by atoms with van der Waals surface area (Å²) < 4.78 is 5.85. The van der Waals surface area contributed by atoms with Crippen molar-refractivity contribution >= 4 is 33.4 Å². The molecule has 3 aromatic rings. The van der Waals surface area contributed by atoms with Crippen molar-refractivity contribution in [3.8, 4) is 0 Å². The van der Waals surface area contributed by atoms with Crippen molar-refractivity contribution < 1.29 is 4.42 Å². The van der Waals surface area contributed by atoms with E-state index in [9.17, 15) is 0 Å². The van der Waals surface area contributed by atoms with E-state index in [0.29, 0.717) is 0 Å². The molecule has 5 rings (SSSR count). The number of rotatable bonds is 0. The van der Waals surface area contributed by atoms with Gasteiger partial charge in [0.15, 0.2) is 0 Å². The average molecular weight is 305 g/mol. The monoisotopic (exact) mass is 305 g/mol. The first-order valence-electron chi connectivity index (χ1n) is 7.50. The lowest BCUT2D eigenvalue weighted by Crippen LogP contribution is -2.31. The fourth-order valence-corrected chi connectivity index (χ4v) is 3.31. The lowest BCUT2D eigenvalue weighted by atomic mass is 10.1. The Morgan fingerprint density at radius 2 is 1.74 bits per heavy atom. The summed E-state index contributed by atoms with van der Waals surface area (Å²) in [6.45, 7) is 0.749. The van der Waals surface area contributed by atoms with Gasteiger partial charge in [0.1, 0.15) is 11.4 Å². The Balaban J connectivity index is 2.04. The number of hydrogen-bond donors (Lipinski definition) is 5. The zero-order valence-electron chi connectivity index (χ0n) is 12.2. The molecule has 23 heavy (non-hydrogen) atoms. The van der Waals surface area contributed by atoms with Crippen LogP contribution >= 0.6 is 0 Å². The smallest absolute Gasteiger partial charge is 0.146 e. The van der Waals surface area contributed by atoms with Crippen LogP contribution < -0.4 is 31.7 Å². The number of hydrogen-bond acceptors (Lipinski definition) is 5. The van der Waals surface area contributed by atoms with Gasteiger partial charge in [0.05, 0.1) is 23.5 Å². The number of nitrogens with one attached hydrogen (secondary N) is 5. The van der Waals surface area contributed by atoms with Gasteiger partial charge in [0, 0.05) is 52.7 Å². The molecular weight excluding hydrogens is 290 g/mol. The Labute approximate surface area is 131 Å². The second kappa shape index (κ2) is 4.61. The van der Waals surface area contributed by atoms with E-state index in [-0.39, 0.29) is 0 Å². The highest BCUT2D eigenvalue weighted by Gasteiger charge is 2.16. The second-order valence-electron chi connectivity index (χ2n) is 5.51. The Kier molecular flexibility index (Phi) is 2.46. The fraction of sp³-hybridized carbons (Fsp3) is 0.0588. The Bertz CT molecular complexity index is 1030. The van der Waals surface area contributed by atoms with Gasteiger partial charge in [-0.2, -0.15) is 0 Å². The van der Waals surface area contributed by atoms with Gasteiger partial charge in [0.2, 0.25) is 0 Å². The summed E-state index contributed by atoms with van der Waals surface area (Å²) in [6, 6.07) is 4.10. The maximum Gasteiger partial charge on any atom is 0.146 e. The van der Waals surface area contributed by atoms with E-state index < -0.39 is 0 Å². The van der Waals surface area contributed by atoms with Crippen LogP contribution in [0.5, 0.6) is 0 Å². The normalized spacial score (nSPS) is 18.9. The van der Waals surface area contributed by atoms with E-state index in [1.807, 2.05) is 37.1 Å². The number of benzene rings is 1. The number of H-pyrrole nitrogens is 1. The molecule has 114 valence electrons. The third kappa shape index (κ3) is 1.69. The van der Waals surface area contributed by atoms with E-state index in [1.54, 1.807) is 6.26 Å². The lowest BCUT2D eigenvalue weighted by molar-refractivity contribution is 0.613. The van der Waals surface area contributed by atoms with Crippen LogP contribution in [0.2, 0.25) is 0 Å². The Morgan fingerprint density at radius 1 is 0.870 bits per heavy atom. The number of furan rings is 1. The first-order chi connectivity index (χ1) is 11.4. The highest BCUT2D eigenvalue weighted by atomic mass is 16.3. The molecule has 0 unspecified atom stereocenters. The topological polar surface area (TPSA) is 77.1 Å². The highest BCUT2D eigenvalue weighted by Crippen LogP contribution is 2.16. The fourth-order valence-electron chi connectivity index (χ4n) is 3.31. The van der Waals surface area contributed by atoms with Crippen LogP contribution in [0.1, 0.15) is 0 Å². The van der Waals surface area contributed by atoms with Crippen molar-refractivity contribution in [2.45, 2.75) is 0 Å². The summed E-state index contributed by atoms with van der Waals surface area (Å²) in [4.78, 5) is 3.39. The molecule has 4 heterocycles. The summed E-state index contributed by atoms with van der Waals surface area (Å²) >= 11 is 0. The summed E-state index contributed by atoms with van der Waals surface area (Å²) in [6.07, 6.45) is 11.3. The molecule has 0 bridgehead atoms. The van der Waals surface area contributed by atoms with Crippen LogP contribution in [-0.4, -0.2) is 11.5 Å². The van der Waals surface area contributed by atoms with Gasteiger partial charge in [-0.25, -0.2) is 0 Å². The van der Waals surface area contributed by atoms with Gasteiger partial charge in [-0.05, 0) is 12.1 Å². The molecule has 6 heteroatoms. The lowest BCUT2D eigenvalue weighted by Gasteiger charge is -2.14. The molecule has 0 amide bonds. The zero-order chi connectivity index (χ0) is 15.2. The average Bonchev–Trinajstić information content (AvgIpc) is 3.34. The Hall–Kier alpha value is -3.28. The van der Waals surface area contributed by atoms with Crippen molar-refractivity contribution in [1.29, 1.82) is 0 Å². The largest absolute Gasteiger partial charge is 0.464 e. The van der Waals surface area contributed by atoms with Crippen LogP contribution in [0.4, 0.5) is 0 Å². The van der Waals surface area contributed by atoms with Crippen molar-refractivity contribution in [3.63, 3.8) is 0 Å². The molecule has 0 radical (unpaired) electrons. The first-order valence-corrected chi connectivity index (χ1v) is 7.50. The van der Waals surface area contributed by atoms with Gasteiger partial charge in [-0.3, -0.25) is 0 Å². The molecule has 0 spiro atoms. The van der Waals surface area contributed by atoms with Crippen LogP contribution in [0.3, 0.4) is 0 Å². The second-order valence-corrected chi connectivity index (χ2v) is 5.51. The maximum absolute atomic E-state index is 5.85. The predicted molar refractivity (Wildman–Crippen MR) is 89.8 cm³/mol. The molecule has 1 aromatic carbocycles. The van der Waals surface area contributed by atoms with Crippen LogP contribution in [0.15, 0.2) is 53.8 Å². The molecule has 0 fully saturated rings. The van der Waals surface area contributed by atoms with Crippen molar-refractivity contribution in [2.24, 2.45) is 0 Å². The van der Waals surface area contributed by atoms with E-state index >= 15 is 0 Å². The summed E-state index contributed by atoms with van der Waals surface area (Å²) in [7, 11) is 0. The summed E-state index contributed by atoms with van der Waals surface area (Å²) in [5, 5.41) is 17.5. The minimum absolute atomic E-state index is 0.749. The highest BCUT2D eigenvalue weighted by molar-refractivity contribution is 5.98. The molecule has 2 aliphatic heterocycles. The van der Waals surface area contributed by atoms with E-state index in [2.05, 4.69) is 32.3 Å². The first kappa shape index (κ1) is 12.3. The number of aromatic amines is 1. The molecule has 0 aliphatic carbocycles. The number of fused-ring (bicyclic) bond motifs is 2. The Morgan fingerprint density at radius 3 is 2.57 bits per heavy atom. The minimum atomic E-state index is 0.749. The minimum Gasteiger partial charge on any atom is -0.464 e. The van der Waals surface area contributed by atoms with E-state index in [0.717, 1.165) is 50.4 Å². The molecule has 0 saturated carbocycles. The molecule has 2 aliphatic rings. The van der Waals surface area contributed by atoms with Gasteiger partial charge in [0.25, 0.3) is 0 Å². The van der Waals surface area contributed by atoms with Crippen LogP contribution in [-0.2, 0) is 0 Å². The molecule has 2 aromatic heterocycles. The van der Waals surface area contributed by atoms with Gasteiger partial charge < -0.3 is 30.7 Å². The van der Waals surface area contributed by atoms with Gasteiger partial charge in [-0.1, -0.05) is 0 Å². The summed E-state index contributed by atoms with van der Waals surface area (Å²) in [5.74, 6) is 0.931. The molecule has 6 nitrogen and oxygen atoms in total. The van der Waals surface area contributed by atoms with Crippen LogP contribution in [0.25, 0.3) is 33.4 Å². The third-order valence-electron chi connectivity index (χ3n) is 4.26. The maximum atomic E-state index is 5.85. The SMILES string of the molecule is C1=CN/C(=c2/c3ccoc3c(=C3NC=CN3)c3cc[nH]c23)CN1. The number of aromatic nitrogens is 1. The van der Waals surface area contributed by atoms with Crippen LogP contribution in [0, 0.1) is 0 Å². The zero-order valence-corrected chi connectivity index (χ0v) is 12.2. The van der Waals surface area contributed by atoms with Gasteiger partial charge in [-0.15, -0.1) is 0 Å². The quantitative estimate of drug-likeness (QED) is 0.416. The van der Waals surface area contributed by atoms with E-state index in [4.69, 9.17) is 4.42 Å². The molecule has 0 atom stereocenters. The van der Waals surface area contributed by atoms with Crippen molar-refractivity contribution in [1.82, 2.24) is 26.3 Å². The van der Waals surface area contributed by atoms with Crippen molar-refractivity contribution in [3.05, 3.63) is 59.8 Å². The molecule has 5 N–H and O–H groups in total.